The van der Waals surface area contributed by atoms with Crippen molar-refractivity contribution in [2.75, 3.05) is 0 Å². The summed E-state index contributed by atoms with van der Waals surface area (Å²) in [4.78, 5) is 14.8. The van der Waals surface area contributed by atoms with E-state index in [9.17, 15) is 25.2 Å². The first kappa shape index (κ1) is 19.4. The Labute approximate surface area is 162 Å². The summed E-state index contributed by atoms with van der Waals surface area (Å²) in [5.74, 6) is -1.76. The summed E-state index contributed by atoms with van der Waals surface area (Å²) in [5, 5.41) is 40.3. The average Bonchev–Trinajstić information content (AvgIpc) is 2.88. The number of aliphatic hydroxyl groups is 3. The zero-order valence-electron chi connectivity index (χ0n) is 12.3. The molecule has 1 fully saturated rings. The number of carbonyl (C=O) groups excluding carboxylic acids is 1. The van der Waals surface area contributed by atoms with Crippen LogP contribution < -0.4 is 39.4 Å². The first-order chi connectivity index (χ1) is 10.9. The number of nitrogens with zero attached hydrogens (tertiary/aromatic N) is 1. The molecule has 1 aliphatic rings. The second-order valence-corrected chi connectivity index (χ2v) is 5.36. The number of oxazole rings is 1. The van der Waals surface area contributed by atoms with Crippen molar-refractivity contribution in [2.24, 2.45) is 0 Å². The van der Waals surface area contributed by atoms with Crippen molar-refractivity contribution in [3.63, 3.8) is 0 Å². The monoisotopic (exact) mass is 367 g/mol. The minimum atomic E-state index is -1.88. The van der Waals surface area contributed by atoms with Crippen LogP contribution >= 0.6 is 11.6 Å². The van der Waals surface area contributed by atoms with Crippen LogP contribution in [0.25, 0.3) is 11.1 Å². The zero-order chi connectivity index (χ0) is 16.7. The fraction of sp³-hybridized carbons (Fsp3) is 0.385. The maximum Gasteiger partial charge on any atom is 1.00 e. The number of aromatic nitrogens is 1. The predicted octanol–water partition coefficient (Wildman–Crippen LogP) is -4.58. The molecule has 0 unspecified atom stereocenters. The van der Waals surface area contributed by atoms with Gasteiger partial charge < -0.3 is 39.1 Å². The van der Waals surface area contributed by atoms with Crippen molar-refractivity contribution >= 4 is 28.7 Å². The fourth-order valence-electron chi connectivity index (χ4n) is 2.17. The van der Waals surface area contributed by atoms with Crippen molar-refractivity contribution in [1.29, 1.82) is 0 Å². The van der Waals surface area contributed by atoms with E-state index in [2.05, 4.69) is 4.98 Å². The maximum absolute atomic E-state index is 10.9. The average molecular weight is 368 g/mol. The van der Waals surface area contributed by atoms with Gasteiger partial charge >= 0.3 is 35.6 Å². The van der Waals surface area contributed by atoms with Crippen LogP contribution in [0.4, 0.5) is 0 Å². The molecule has 0 aliphatic carbocycles. The van der Waals surface area contributed by atoms with Gasteiger partial charge in [0.25, 0.3) is 0 Å². The molecule has 2 aromatic rings. The summed E-state index contributed by atoms with van der Waals surface area (Å²) >= 11 is 5.81. The SMILES string of the molecule is O=C([O-])[C@H]1O[C@@H](Oc2nc3cc(Cl)ccc3o2)[C@H](O)[C@@H](O)[C@@H]1O.[Na+]. The number of benzene rings is 1. The molecule has 9 nitrogen and oxygen atoms in total. The van der Waals surface area contributed by atoms with E-state index in [4.69, 9.17) is 25.5 Å². The summed E-state index contributed by atoms with van der Waals surface area (Å²) in [6, 6.07) is 4.61. The standard InChI is InChI=1S/C13H12ClNO8.Na/c14-4-1-2-6-5(3-4)15-13(21-6)23-12-9(18)7(16)8(17)10(22-12)11(19)20;/h1-3,7-10,12,16-18H,(H,19,20);/q;+1/p-1/t7-,8-,9+,10-,12-;/m0./s1. The van der Waals surface area contributed by atoms with Crippen LogP contribution in [0.5, 0.6) is 6.08 Å². The van der Waals surface area contributed by atoms with E-state index in [0.29, 0.717) is 16.1 Å². The Morgan fingerprint density at radius 1 is 1.25 bits per heavy atom. The van der Waals surface area contributed by atoms with Crippen LogP contribution in [-0.4, -0.2) is 57.0 Å². The molecule has 0 radical (unpaired) electrons. The molecule has 1 saturated heterocycles. The number of carbonyl (C=O) groups is 1. The Balaban J connectivity index is 0.00000208. The van der Waals surface area contributed by atoms with Gasteiger partial charge in [-0.15, -0.1) is 0 Å². The summed E-state index contributed by atoms with van der Waals surface area (Å²) in [6.07, 6.45) is -9.23. The second-order valence-electron chi connectivity index (χ2n) is 4.93. The van der Waals surface area contributed by atoms with Crippen molar-refractivity contribution in [2.45, 2.75) is 30.7 Å². The molecule has 1 aromatic carbocycles. The molecule has 0 bridgehead atoms. The number of aliphatic hydroxyl groups excluding tert-OH is 3. The molecule has 2 heterocycles. The number of hydrogen-bond acceptors (Lipinski definition) is 9. The minimum absolute atomic E-state index is 0. The van der Waals surface area contributed by atoms with Crippen molar-refractivity contribution < 1.29 is 68.7 Å². The maximum atomic E-state index is 10.9. The smallest absolute Gasteiger partial charge is 0.547 e. The molecule has 1 aliphatic heterocycles. The molecule has 0 amide bonds. The first-order valence-electron chi connectivity index (χ1n) is 6.50. The number of carboxylic acid groups (broad SMARTS) is 1. The van der Waals surface area contributed by atoms with Gasteiger partial charge in [0.15, 0.2) is 5.58 Å². The van der Waals surface area contributed by atoms with Crippen LogP contribution in [0.15, 0.2) is 22.6 Å². The third-order valence-electron chi connectivity index (χ3n) is 3.35. The number of rotatable bonds is 3. The Morgan fingerprint density at radius 2 is 1.96 bits per heavy atom. The molecule has 5 atom stereocenters. The molecular formula is C13H11ClNNaO8. The number of ether oxygens (including phenoxy) is 2. The third kappa shape index (κ3) is 3.68. The first-order valence-corrected chi connectivity index (χ1v) is 6.88. The van der Waals surface area contributed by atoms with Crippen molar-refractivity contribution in [3.05, 3.63) is 23.2 Å². The van der Waals surface area contributed by atoms with Gasteiger partial charge in [0.1, 0.15) is 29.9 Å². The summed E-state index contributed by atoms with van der Waals surface area (Å²) < 4.78 is 15.3. The van der Waals surface area contributed by atoms with Crippen molar-refractivity contribution in [1.82, 2.24) is 4.98 Å². The minimum Gasteiger partial charge on any atom is -0.547 e. The van der Waals surface area contributed by atoms with E-state index in [1.165, 1.54) is 12.1 Å². The summed E-state index contributed by atoms with van der Waals surface area (Å²) in [6.45, 7) is 0. The molecule has 0 saturated carbocycles. The Hall–Kier alpha value is -0.910. The third-order valence-corrected chi connectivity index (χ3v) is 3.58. The van der Waals surface area contributed by atoms with E-state index < -0.39 is 36.7 Å². The number of fused-ring (bicyclic) bond motifs is 1. The van der Waals surface area contributed by atoms with Crippen LogP contribution in [0.1, 0.15) is 0 Å². The molecule has 3 rings (SSSR count). The van der Waals surface area contributed by atoms with E-state index >= 15 is 0 Å². The van der Waals surface area contributed by atoms with Gasteiger partial charge in [0.2, 0.25) is 6.29 Å². The van der Waals surface area contributed by atoms with Gasteiger partial charge in [-0.05, 0) is 18.2 Å². The molecule has 11 heteroatoms. The quantitative estimate of drug-likeness (QED) is 0.456. The summed E-state index contributed by atoms with van der Waals surface area (Å²) in [7, 11) is 0. The van der Waals surface area contributed by atoms with Gasteiger partial charge in [0.05, 0.1) is 5.97 Å². The van der Waals surface area contributed by atoms with E-state index in [-0.39, 0.29) is 35.6 Å². The van der Waals surface area contributed by atoms with Crippen LogP contribution in [0.2, 0.25) is 5.02 Å². The Kier molecular flexibility index (Phi) is 6.10. The molecule has 0 spiro atoms. The fourth-order valence-corrected chi connectivity index (χ4v) is 2.34. The zero-order valence-corrected chi connectivity index (χ0v) is 15.1. The number of hydrogen-bond donors (Lipinski definition) is 3. The van der Waals surface area contributed by atoms with Crippen LogP contribution in [-0.2, 0) is 9.53 Å². The van der Waals surface area contributed by atoms with Gasteiger partial charge in [0, 0.05) is 5.02 Å². The predicted molar refractivity (Wildman–Crippen MR) is 71.3 cm³/mol. The van der Waals surface area contributed by atoms with E-state index in [1.807, 2.05) is 0 Å². The van der Waals surface area contributed by atoms with E-state index in [1.54, 1.807) is 6.07 Å². The van der Waals surface area contributed by atoms with Crippen molar-refractivity contribution in [3.8, 4) is 6.08 Å². The molecule has 24 heavy (non-hydrogen) atoms. The largest absolute Gasteiger partial charge is 1.00 e. The topological polar surface area (TPSA) is 145 Å². The molecule has 124 valence electrons. The van der Waals surface area contributed by atoms with E-state index in [0.717, 1.165) is 0 Å². The summed E-state index contributed by atoms with van der Waals surface area (Å²) in [5.41, 5.74) is 0.710. The Bertz CT molecular complexity index is 740. The van der Waals surface area contributed by atoms with Gasteiger partial charge in [-0.25, -0.2) is 0 Å². The van der Waals surface area contributed by atoms with Crippen LogP contribution in [0.3, 0.4) is 0 Å². The Morgan fingerprint density at radius 3 is 2.62 bits per heavy atom. The van der Waals surface area contributed by atoms with Gasteiger partial charge in [-0.2, -0.15) is 4.98 Å². The number of carboxylic acids is 1. The molecular weight excluding hydrogens is 357 g/mol. The van der Waals surface area contributed by atoms with Crippen LogP contribution in [0, 0.1) is 0 Å². The molecule has 3 N–H and O–H groups in total. The second kappa shape index (κ2) is 7.54. The van der Waals surface area contributed by atoms with Gasteiger partial charge in [-0.3, -0.25) is 0 Å². The number of aliphatic carboxylic acids is 1. The van der Waals surface area contributed by atoms with Gasteiger partial charge in [-0.1, -0.05) is 11.6 Å². The number of halogens is 1. The molecule has 1 aromatic heterocycles. The normalized spacial score (nSPS) is 29.9.